The average Bonchev–Trinajstić information content (AvgIpc) is 2.56. The molecule has 0 bridgehead atoms. The Labute approximate surface area is 150 Å². The Bertz CT molecular complexity index is 913. The lowest BCUT2D eigenvalue weighted by Crippen LogP contribution is -2.12. The van der Waals surface area contributed by atoms with E-state index in [1.807, 2.05) is 0 Å². The van der Waals surface area contributed by atoms with Gasteiger partial charge < -0.3 is 5.32 Å². The van der Waals surface area contributed by atoms with Crippen molar-refractivity contribution >= 4 is 43.4 Å². The Hall–Kier alpha value is -2.13. The molecule has 2 rings (SSSR count). The van der Waals surface area contributed by atoms with Gasteiger partial charge in [0.25, 0.3) is 0 Å². The lowest BCUT2D eigenvalue weighted by molar-refractivity contribution is -0.111. The molecule has 2 aromatic carbocycles. The summed E-state index contributed by atoms with van der Waals surface area (Å²) in [5.74, 6) is -4.62. The van der Waals surface area contributed by atoms with Gasteiger partial charge in [0.1, 0.15) is 5.82 Å². The summed E-state index contributed by atoms with van der Waals surface area (Å²) in [7, 11) is -4.68. The molecule has 0 aliphatic rings. The summed E-state index contributed by atoms with van der Waals surface area (Å²) in [4.78, 5) is 11.3. The summed E-state index contributed by atoms with van der Waals surface area (Å²) >= 11 is 3.19. The lowest BCUT2D eigenvalue weighted by atomic mass is 10.2. The minimum atomic E-state index is -4.68. The molecule has 1 N–H and O–H groups in total. The minimum absolute atomic E-state index is 0.197. The van der Waals surface area contributed by atoms with E-state index >= 15 is 0 Å². The van der Waals surface area contributed by atoms with Gasteiger partial charge in [0.05, 0.1) is 4.90 Å². The first-order chi connectivity index (χ1) is 11.7. The van der Waals surface area contributed by atoms with Crippen LogP contribution in [0.15, 0.2) is 57.9 Å². The van der Waals surface area contributed by atoms with E-state index in [1.54, 1.807) is 0 Å². The van der Waals surface area contributed by atoms with Crippen LogP contribution in [0.1, 0.15) is 5.56 Å². The van der Waals surface area contributed by atoms with Crippen molar-refractivity contribution < 1.29 is 26.4 Å². The molecule has 4 nitrogen and oxygen atoms in total. The number of rotatable bonds is 5. The molecule has 0 saturated heterocycles. The first kappa shape index (κ1) is 19.2. The third kappa shape index (κ3) is 4.93. The molecule has 0 fully saturated rings. The number of nitrogens with one attached hydrogen (secondary N) is 1. The second-order valence-corrected chi connectivity index (χ2v) is 7.65. The number of alkyl halides is 2. The van der Waals surface area contributed by atoms with Gasteiger partial charge in [-0.2, -0.15) is 8.78 Å². The van der Waals surface area contributed by atoms with Crippen LogP contribution in [0, 0.1) is 5.82 Å². The molecule has 0 radical (unpaired) electrons. The summed E-state index contributed by atoms with van der Waals surface area (Å²) in [5.41, 5.74) is 0.403. The number of sulfone groups is 1. The first-order valence-corrected chi connectivity index (χ1v) is 9.10. The van der Waals surface area contributed by atoms with Gasteiger partial charge in [-0.25, -0.2) is 12.8 Å². The average molecular weight is 434 g/mol. The summed E-state index contributed by atoms with van der Waals surface area (Å²) in [5, 5.41) is 2.41. The van der Waals surface area contributed by atoms with Crippen LogP contribution in [0.25, 0.3) is 6.08 Å². The van der Waals surface area contributed by atoms with Crippen LogP contribution in [0.5, 0.6) is 0 Å². The van der Waals surface area contributed by atoms with E-state index in [0.29, 0.717) is 4.47 Å². The van der Waals surface area contributed by atoms with Crippen LogP contribution in [0.2, 0.25) is 0 Å². The molecule has 25 heavy (non-hydrogen) atoms. The maximum absolute atomic E-state index is 13.5. The zero-order chi connectivity index (χ0) is 18.6. The quantitative estimate of drug-likeness (QED) is 0.717. The molecule has 0 aliphatic carbocycles. The van der Waals surface area contributed by atoms with E-state index in [0.717, 1.165) is 18.2 Å². The van der Waals surface area contributed by atoms with Crippen LogP contribution >= 0.6 is 15.9 Å². The van der Waals surface area contributed by atoms with Gasteiger partial charge in [0.2, 0.25) is 15.7 Å². The second kappa shape index (κ2) is 7.83. The fourth-order valence-corrected chi connectivity index (χ4v) is 2.92. The van der Waals surface area contributed by atoms with E-state index in [2.05, 4.69) is 21.2 Å². The molecule has 1 amide bonds. The Morgan fingerprint density at radius 1 is 1.12 bits per heavy atom. The van der Waals surface area contributed by atoms with Crippen molar-refractivity contribution in [2.75, 3.05) is 5.32 Å². The molecule has 0 spiro atoms. The number of carbonyl (C=O) groups excluding carboxylic acids is 1. The topological polar surface area (TPSA) is 63.2 Å². The summed E-state index contributed by atoms with van der Waals surface area (Å²) in [6.07, 6.45) is 2.36. The first-order valence-electron chi connectivity index (χ1n) is 6.76. The van der Waals surface area contributed by atoms with Gasteiger partial charge in [-0.3, -0.25) is 4.79 Å². The third-order valence-electron chi connectivity index (χ3n) is 3.06. The van der Waals surface area contributed by atoms with Crippen molar-refractivity contribution in [3.05, 3.63) is 64.4 Å². The molecular formula is C16H11BrF3NO3S. The zero-order valence-corrected chi connectivity index (χ0v) is 14.8. The Kier molecular flexibility index (Phi) is 6.02. The normalized spacial score (nSPS) is 11.9. The fraction of sp³-hybridized carbons (Fsp3) is 0.0625. The van der Waals surface area contributed by atoms with Gasteiger partial charge in [0, 0.05) is 21.8 Å². The summed E-state index contributed by atoms with van der Waals surface area (Å²) in [6.45, 7) is 0. The largest absolute Gasteiger partial charge is 0.341 e. The molecule has 0 aromatic heterocycles. The molecule has 0 atom stereocenters. The number of anilines is 1. The molecule has 0 heterocycles. The second-order valence-electron chi connectivity index (χ2n) is 4.82. The molecule has 132 valence electrons. The highest BCUT2D eigenvalue weighted by Gasteiger charge is 2.26. The predicted molar refractivity (Wildman–Crippen MR) is 91.4 cm³/mol. The zero-order valence-electron chi connectivity index (χ0n) is 12.4. The predicted octanol–water partition coefficient (Wildman–Crippen LogP) is 4.24. The third-order valence-corrected chi connectivity index (χ3v) is 4.95. The molecule has 9 heteroatoms. The van der Waals surface area contributed by atoms with Crippen molar-refractivity contribution in [1.29, 1.82) is 0 Å². The van der Waals surface area contributed by atoms with Crippen molar-refractivity contribution in [2.45, 2.75) is 10.7 Å². The number of hydrogen-bond acceptors (Lipinski definition) is 3. The van der Waals surface area contributed by atoms with Crippen molar-refractivity contribution in [1.82, 2.24) is 0 Å². The highest BCUT2D eigenvalue weighted by molar-refractivity contribution is 9.10. The lowest BCUT2D eigenvalue weighted by Gasteiger charge is -2.05. The molecule has 0 aliphatic heterocycles. The fourth-order valence-electron chi connectivity index (χ4n) is 1.82. The van der Waals surface area contributed by atoms with Gasteiger partial charge in [-0.15, -0.1) is 0 Å². The van der Waals surface area contributed by atoms with Gasteiger partial charge in [0.15, 0.2) is 0 Å². The van der Waals surface area contributed by atoms with E-state index in [-0.39, 0.29) is 11.3 Å². The van der Waals surface area contributed by atoms with Crippen LogP contribution in [-0.2, 0) is 14.6 Å². The van der Waals surface area contributed by atoms with Crippen molar-refractivity contribution in [3.8, 4) is 0 Å². The maximum Gasteiger partial charge on any atom is 0.341 e. The van der Waals surface area contributed by atoms with E-state index in [1.165, 1.54) is 36.4 Å². The van der Waals surface area contributed by atoms with Gasteiger partial charge >= 0.3 is 5.76 Å². The Morgan fingerprint density at radius 2 is 1.76 bits per heavy atom. The highest BCUT2D eigenvalue weighted by atomic mass is 79.9. The molecule has 2 aromatic rings. The summed E-state index contributed by atoms with van der Waals surface area (Å²) in [6, 6.07) is 8.54. The number of hydrogen-bond donors (Lipinski definition) is 1. The Balaban J connectivity index is 2.08. The van der Waals surface area contributed by atoms with Crippen molar-refractivity contribution in [2.24, 2.45) is 0 Å². The summed E-state index contributed by atoms with van der Waals surface area (Å²) < 4.78 is 61.6. The number of carbonyl (C=O) groups is 1. The van der Waals surface area contributed by atoms with Gasteiger partial charge in [-0.1, -0.05) is 15.9 Å². The van der Waals surface area contributed by atoms with E-state index in [4.69, 9.17) is 0 Å². The standard InChI is InChI=1S/C16H11BrF3NO3S/c17-11-2-7-14(18)10(9-11)1-8-15(22)21-12-3-5-13(6-4-12)25(23,24)16(19)20/h1-9,16H,(H,21,22)/b8-1+. The van der Waals surface area contributed by atoms with E-state index < -0.39 is 32.2 Å². The number of benzene rings is 2. The van der Waals surface area contributed by atoms with Crippen LogP contribution in [0.3, 0.4) is 0 Å². The highest BCUT2D eigenvalue weighted by Crippen LogP contribution is 2.20. The Morgan fingerprint density at radius 3 is 2.36 bits per heavy atom. The van der Waals surface area contributed by atoms with Gasteiger partial charge in [-0.05, 0) is 48.5 Å². The van der Waals surface area contributed by atoms with Crippen LogP contribution < -0.4 is 5.32 Å². The maximum atomic E-state index is 13.5. The smallest absolute Gasteiger partial charge is 0.323 e. The molecule has 0 unspecified atom stereocenters. The molecule has 0 saturated carbocycles. The molecular weight excluding hydrogens is 423 g/mol. The van der Waals surface area contributed by atoms with Crippen molar-refractivity contribution in [3.63, 3.8) is 0 Å². The number of halogens is 4. The van der Waals surface area contributed by atoms with Crippen LogP contribution in [-0.4, -0.2) is 20.1 Å². The SMILES string of the molecule is O=C(/C=C/c1cc(Br)ccc1F)Nc1ccc(S(=O)(=O)C(F)F)cc1. The van der Waals surface area contributed by atoms with E-state index in [9.17, 15) is 26.4 Å². The monoisotopic (exact) mass is 433 g/mol. The minimum Gasteiger partial charge on any atom is -0.323 e. The number of amides is 1. The van der Waals surface area contributed by atoms with Crippen LogP contribution in [0.4, 0.5) is 18.9 Å².